The van der Waals surface area contributed by atoms with Crippen molar-refractivity contribution in [2.75, 3.05) is 13.1 Å². The Balaban J connectivity index is 1.61. The molecule has 0 aliphatic heterocycles. The molecule has 1 fully saturated rings. The molecule has 0 aromatic carbocycles. The highest BCUT2D eigenvalue weighted by atomic mass is 16.2. The summed E-state index contributed by atoms with van der Waals surface area (Å²) in [4.78, 5) is 44.4. The number of fused-ring (bicyclic) bond motifs is 1. The van der Waals surface area contributed by atoms with Crippen molar-refractivity contribution in [3.05, 3.63) is 38.2 Å². The molecule has 0 unspecified atom stereocenters. The number of hydrogen-bond donors (Lipinski definition) is 4. The van der Waals surface area contributed by atoms with E-state index < -0.39 is 11.2 Å². The van der Waals surface area contributed by atoms with Crippen LogP contribution in [0.2, 0.25) is 0 Å². The summed E-state index contributed by atoms with van der Waals surface area (Å²) in [5.74, 6) is -0.321. The lowest BCUT2D eigenvalue weighted by atomic mass is 10.1. The molecule has 1 aliphatic rings. The van der Waals surface area contributed by atoms with Crippen LogP contribution in [-0.2, 0) is 0 Å². The number of hydrogen-bond acceptors (Lipinski definition) is 5. The van der Waals surface area contributed by atoms with Crippen LogP contribution in [0, 0.1) is 6.92 Å². The van der Waals surface area contributed by atoms with Crippen LogP contribution in [0.5, 0.6) is 0 Å². The van der Waals surface area contributed by atoms with E-state index in [0.717, 1.165) is 0 Å². The van der Waals surface area contributed by atoms with Gasteiger partial charge in [0.2, 0.25) is 0 Å². The second kappa shape index (κ2) is 8.27. The zero-order valence-electron chi connectivity index (χ0n) is 15.0. The molecule has 2 aromatic heterocycles. The number of nitrogens with one attached hydrogen (secondary N) is 4. The van der Waals surface area contributed by atoms with E-state index in [1.54, 1.807) is 13.0 Å². The van der Waals surface area contributed by atoms with Crippen LogP contribution in [-0.4, -0.2) is 40.0 Å². The van der Waals surface area contributed by atoms with Crippen molar-refractivity contribution in [1.29, 1.82) is 0 Å². The highest BCUT2D eigenvalue weighted by Crippen LogP contribution is 2.16. The Morgan fingerprint density at radius 3 is 2.62 bits per heavy atom. The fourth-order valence-corrected chi connectivity index (χ4v) is 3.50. The van der Waals surface area contributed by atoms with E-state index in [1.165, 1.54) is 38.5 Å². The van der Waals surface area contributed by atoms with Crippen molar-refractivity contribution >= 4 is 16.9 Å². The largest absolute Gasteiger partial charge is 0.349 e. The minimum absolute atomic E-state index is 0.125. The molecule has 3 rings (SSSR count). The molecule has 2 aromatic rings. The average Bonchev–Trinajstić information content (AvgIpc) is 2.86. The van der Waals surface area contributed by atoms with Crippen LogP contribution in [0.4, 0.5) is 0 Å². The number of aromatic amines is 2. The Bertz CT molecular complexity index is 894. The van der Waals surface area contributed by atoms with Gasteiger partial charge in [0.1, 0.15) is 11.3 Å². The monoisotopic (exact) mass is 359 g/mol. The number of aromatic nitrogens is 3. The highest BCUT2D eigenvalue weighted by molar-refractivity contribution is 5.95. The lowest BCUT2D eigenvalue weighted by molar-refractivity contribution is 0.0948. The summed E-state index contributed by atoms with van der Waals surface area (Å²) in [5.41, 5.74) is -0.242. The molecule has 0 atom stereocenters. The molecule has 0 saturated heterocycles. The summed E-state index contributed by atoms with van der Waals surface area (Å²) in [5, 5.41) is 6.62. The Labute approximate surface area is 150 Å². The van der Waals surface area contributed by atoms with Gasteiger partial charge in [0.25, 0.3) is 11.5 Å². The predicted molar refractivity (Wildman–Crippen MR) is 99.5 cm³/mol. The van der Waals surface area contributed by atoms with E-state index in [4.69, 9.17) is 0 Å². The molecular weight excluding hydrogens is 334 g/mol. The molecule has 2 heterocycles. The molecule has 0 bridgehead atoms. The second-order valence-electron chi connectivity index (χ2n) is 6.85. The number of aryl methyl sites for hydroxylation is 1. The third-order valence-corrected chi connectivity index (χ3v) is 4.83. The minimum Gasteiger partial charge on any atom is -0.349 e. The van der Waals surface area contributed by atoms with Crippen molar-refractivity contribution < 1.29 is 4.79 Å². The predicted octanol–water partition coefficient (Wildman–Crippen LogP) is 0.962. The van der Waals surface area contributed by atoms with E-state index in [-0.39, 0.29) is 22.6 Å². The Hall–Kier alpha value is -2.48. The first-order valence-corrected chi connectivity index (χ1v) is 9.20. The van der Waals surface area contributed by atoms with Crippen molar-refractivity contribution in [3.8, 4) is 0 Å². The second-order valence-corrected chi connectivity index (χ2v) is 6.85. The van der Waals surface area contributed by atoms with Crippen LogP contribution in [0.3, 0.4) is 0 Å². The van der Waals surface area contributed by atoms with Gasteiger partial charge in [-0.1, -0.05) is 25.7 Å². The van der Waals surface area contributed by atoms with Gasteiger partial charge in [-0.3, -0.25) is 19.6 Å². The molecule has 0 spiro atoms. The van der Waals surface area contributed by atoms with Crippen LogP contribution < -0.4 is 21.9 Å². The van der Waals surface area contributed by atoms with E-state index in [2.05, 4.69) is 25.6 Å². The Morgan fingerprint density at radius 2 is 1.88 bits per heavy atom. The van der Waals surface area contributed by atoms with E-state index in [1.807, 2.05) is 0 Å². The zero-order chi connectivity index (χ0) is 18.5. The van der Waals surface area contributed by atoms with Crippen molar-refractivity contribution in [3.63, 3.8) is 0 Å². The summed E-state index contributed by atoms with van der Waals surface area (Å²) in [6.07, 6.45) is 7.55. The topological polar surface area (TPSA) is 120 Å². The van der Waals surface area contributed by atoms with Gasteiger partial charge >= 0.3 is 5.69 Å². The van der Waals surface area contributed by atoms with Crippen molar-refractivity contribution in [1.82, 2.24) is 25.6 Å². The smallest absolute Gasteiger partial charge is 0.327 e. The number of carbonyl (C=O) groups is 1. The first-order chi connectivity index (χ1) is 12.5. The van der Waals surface area contributed by atoms with Crippen molar-refractivity contribution in [2.45, 2.75) is 51.5 Å². The molecule has 0 radical (unpaired) electrons. The summed E-state index contributed by atoms with van der Waals surface area (Å²) in [6, 6.07) is 2.09. The lowest BCUT2D eigenvalue weighted by Gasteiger charge is -2.16. The molecule has 1 amide bonds. The lowest BCUT2D eigenvalue weighted by Crippen LogP contribution is -2.37. The number of carbonyl (C=O) groups excluding carboxylic acids is 1. The molecule has 8 nitrogen and oxygen atoms in total. The average molecular weight is 359 g/mol. The summed E-state index contributed by atoms with van der Waals surface area (Å²) < 4.78 is 0. The van der Waals surface area contributed by atoms with Gasteiger partial charge in [-0.2, -0.15) is 0 Å². The third kappa shape index (κ3) is 4.37. The maximum absolute atomic E-state index is 12.3. The molecule has 1 aliphatic carbocycles. The highest BCUT2D eigenvalue weighted by Gasteiger charge is 2.14. The van der Waals surface area contributed by atoms with Gasteiger partial charge < -0.3 is 10.6 Å². The number of H-pyrrole nitrogens is 2. The zero-order valence-corrected chi connectivity index (χ0v) is 15.0. The molecule has 1 saturated carbocycles. The third-order valence-electron chi connectivity index (χ3n) is 4.83. The first-order valence-electron chi connectivity index (χ1n) is 9.20. The van der Waals surface area contributed by atoms with Gasteiger partial charge in [-0.15, -0.1) is 0 Å². The van der Waals surface area contributed by atoms with Crippen LogP contribution in [0.15, 0.2) is 15.7 Å². The Kier molecular flexibility index (Phi) is 5.82. The van der Waals surface area contributed by atoms with Gasteiger partial charge in [0.15, 0.2) is 0 Å². The van der Waals surface area contributed by atoms with Gasteiger partial charge in [-0.25, -0.2) is 9.78 Å². The summed E-state index contributed by atoms with van der Waals surface area (Å²) in [7, 11) is 0. The van der Waals surface area contributed by atoms with E-state index >= 15 is 0 Å². The van der Waals surface area contributed by atoms with Crippen LogP contribution in [0.1, 0.15) is 54.6 Å². The maximum Gasteiger partial charge on any atom is 0.327 e. The Morgan fingerprint density at radius 1 is 1.15 bits per heavy atom. The van der Waals surface area contributed by atoms with E-state index in [0.29, 0.717) is 24.7 Å². The number of nitrogens with zero attached hydrogens (tertiary/aromatic N) is 1. The first kappa shape index (κ1) is 18.3. The van der Waals surface area contributed by atoms with E-state index in [9.17, 15) is 14.4 Å². The van der Waals surface area contributed by atoms with Crippen molar-refractivity contribution in [2.24, 2.45) is 0 Å². The summed E-state index contributed by atoms with van der Waals surface area (Å²) in [6.45, 7) is 2.92. The SMILES string of the molecule is Cc1cc(C(=O)NCCNC2CCCCCC2)nc2[nH]c(=O)[nH]c(=O)c12. The van der Waals surface area contributed by atoms with Crippen LogP contribution in [0.25, 0.3) is 11.0 Å². The fourth-order valence-electron chi connectivity index (χ4n) is 3.50. The van der Waals surface area contributed by atoms with Gasteiger partial charge in [-0.05, 0) is 31.4 Å². The fraction of sp³-hybridized carbons (Fsp3) is 0.556. The number of rotatable bonds is 5. The number of pyridine rings is 1. The minimum atomic E-state index is -0.639. The summed E-state index contributed by atoms with van der Waals surface area (Å²) >= 11 is 0. The maximum atomic E-state index is 12.3. The standard InChI is InChI=1S/C18H25N5O3/c1-11-10-13(21-15-14(11)17(25)23-18(26)22-15)16(24)20-9-8-19-12-6-4-2-3-5-7-12/h10,12,19H,2-9H2,1H3,(H,20,24)(H2,21,22,23,25,26). The van der Waals surface area contributed by atoms with Crippen LogP contribution >= 0.6 is 0 Å². The normalized spacial score (nSPS) is 15.7. The molecule has 26 heavy (non-hydrogen) atoms. The number of amides is 1. The molecule has 8 heteroatoms. The van der Waals surface area contributed by atoms with Gasteiger partial charge in [0, 0.05) is 19.1 Å². The quantitative estimate of drug-likeness (QED) is 0.468. The van der Waals surface area contributed by atoms with Gasteiger partial charge in [0.05, 0.1) is 5.39 Å². The molecule has 4 N–H and O–H groups in total. The molecular formula is C18H25N5O3. The molecule has 140 valence electrons.